The van der Waals surface area contributed by atoms with Gasteiger partial charge in [0.1, 0.15) is 0 Å². The molecular weight excluding hydrogens is 322 g/mol. The zero-order valence-electron chi connectivity index (χ0n) is 11.0. The summed E-state index contributed by atoms with van der Waals surface area (Å²) in [7, 11) is -4.74. The quantitative estimate of drug-likeness (QED) is 0.786. The van der Waals surface area contributed by atoms with Gasteiger partial charge in [0.05, 0.1) is 10.6 Å². The van der Waals surface area contributed by atoms with Gasteiger partial charge in [0.25, 0.3) is 0 Å². The van der Waals surface area contributed by atoms with Crippen LogP contribution in [0.25, 0.3) is 0 Å². The normalized spacial score (nSPS) is 14.3. The highest BCUT2D eigenvalue weighted by atomic mass is 32.2. The average molecular weight is 334 g/mol. The maximum atomic E-state index is 12.7. The minimum Gasteiger partial charge on any atom is -0.224 e. The van der Waals surface area contributed by atoms with Gasteiger partial charge in [0.2, 0.25) is 0 Å². The van der Waals surface area contributed by atoms with Crippen LogP contribution in [0.4, 0.5) is 26.3 Å². The summed E-state index contributed by atoms with van der Waals surface area (Å²) in [6, 6.07) is 4.56. The van der Waals surface area contributed by atoms with Crippen molar-refractivity contribution in [2.24, 2.45) is 5.41 Å². The summed E-state index contributed by atoms with van der Waals surface area (Å²) in [5.41, 5.74) is -3.70. The van der Waals surface area contributed by atoms with E-state index in [1.165, 1.54) is 12.1 Å². The van der Waals surface area contributed by atoms with Crippen LogP contribution in [0.3, 0.4) is 0 Å². The molecule has 0 bridgehead atoms. The molecule has 0 aromatic heterocycles. The highest BCUT2D eigenvalue weighted by molar-refractivity contribution is 7.91. The van der Waals surface area contributed by atoms with Gasteiger partial charge in [-0.2, -0.15) is 26.3 Å². The number of aryl methyl sites for hydroxylation is 1. The first-order valence-electron chi connectivity index (χ1n) is 5.63. The summed E-state index contributed by atoms with van der Waals surface area (Å²) >= 11 is 0. The van der Waals surface area contributed by atoms with Gasteiger partial charge in [-0.1, -0.05) is 17.7 Å². The van der Waals surface area contributed by atoms with Crippen LogP contribution in [0.5, 0.6) is 0 Å². The van der Waals surface area contributed by atoms with Gasteiger partial charge in [-0.25, -0.2) is 8.42 Å². The van der Waals surface area contributed by atoms with Crippen LogP contribution in [-0.2, 0) is 9.84 Å². The molecule has 0 unspecified atom stereocenters. The summed E-state index contributed by atoms with van der Waals surface area (Å²) in [6.45, 7) is 1.45. The lowest BCUT2D eigenvalue weighted by atomic mass is 9.92. The van der Waals surface area contributed by atoms with Gasteiger partial charge in [-0.05, 0) is 26.0 Å². The number of hydrogen-bond donors (Lipinski definition) is 0. The number of benzene rings is 1. The Morgan fingerprint density at radius 3 is 1.62 bits per heavy atom. The fraction of sp³-hybridized carbons (Fsp3) is 0.500. The van der Waals surface area contributed by atoms with Crippen molar-refractivity contribution in [2.75, 3.05) is 5.75 Å². The lowest BCUT2D eigenvalue weighted by Gasteiger charge is -2.33. The highest BCUT2D eigenvalue weighted by Crippen LogP contribution is 2.51. The predicted octanol–water partition coefficient (Wildman–Crippen LogP) is 3.90. The number of rotatable bonds is 3. The molecule has 120 valence electrons. The minimum absolute atomic E-state index is 0.154. The maximum absolute atomic E-state index is 12.7. The molecule has 1 aromatic carbocycles. The summed E-state index contributed by atoms with van der Waals surface area (Å²) in [4.78, 5) is -0.576. The molecule has 0 aliphatic carbocycles. The molecule has 9 heteroatoms. The van der Waals surface area contributed by atoms with E-state index in [1.54, 1.807) is 6.92 Å². The molecule has 1 rings (SSSR count). The Labute approximate surface area is 117 Å². The molecule has 0 aliphatic rings. The van der Waals surface area contributed by atoms with Crippen LogP contribution >= 0.6 is 0 Å². The van der Waals surface area contributed by atoms with E-state index in [1.807, 2.05) is 0 Å². The highest BCUT2D eigenvalue weighted by Gasteiger charge is 2.69. The van der Waals surface area contributed by atoms with Crippen molar-refractivity contribution in [1.82, 2.24) is 0 Å². The first kappa shape index (κ1) is 17.8. The van der Waals surface area contributed by atoms with E-state index in [0.717, 1.165) is 12.1 Å². The van der Waals surface area contributed by atoms with E-state index in [-0.39, 0.29) is 6.92 Å². The van der Waals surface area contributed by atoms with Crippen molar-refractivity contribution in [3.63, 3.8) is 0 Å². The molecule has 0 saturated heterocycles. The molecule has 0 saturated carbocycles. The second-order valence-electron chi connectivity index (χ2n) is 4.90. The molecule has 21 heavy (non-hydrogen) atoms. The minimum atomic E-state index is -5.73. The van der Waals surface area contributed by atoms with Gasteiger partial charge < -0.3 is 0 Å². The number of hydrogen-bond acceptors (Lipinski definition) is 2. The van der Waals surface area contributed by atoms with Crippen molar-refractivity contribution in [1.29, 1.82) is 0 Å². The third kappa shape index (κ3) is 3.50. The van der Waals surface area contributed by atoms with Crippen molar-refractivity contribution >= 4 is 9.84 Å². The van der Waals surface area contributed by atoms with Crippen LogP contribution < -0.4 is 0 Å². The maximum Gasteiger partial charge on any atom is 0.403 e. The first-order chi connectivity index (χ1) is 9.21. The van der Waals surface area contributed by atoms with Crippen LogP contribution in [0, 0.1) is 12.3 Å². The van der Waals surface area contributed by atoms with Crippen LogP contribution in [0.2, 0.25) is 0 Å². The molecule has 0 atom stereocenters. The largest absolute Gasteiger partial charge is 0.403 e. The Morgan fingerprint density at radius 1 is 0.905 bits per heavy atom. The molecule has 0 fully saturated rings. The number of halogens is 6. The van der Waals surface area contributed by atoms with E-state index in [4.69, 9.17) is 0 Å². The molecule has 0 aliphatic heterocycles. The third-order valence-corrected chi connectivity index (χ3v) is 5.06. The summed E-state index contributed by atoms with van der Waals surface area (Å²) in [5.74, 6) is -2.09. The summed E-state index contributed by atoms with van der Waals surface area (Å²) in [5, 5.41) is 0. The zero-order chi connectivity index (χ0) is 16.7. The number of alkyl halides is 6. The van der Waals surface area contributed by atoms with E-state index in [9.17, 15) is 34.8 Å². The lowest BCUT2D eigenvalue weighted by Crippen LogP contribution is -2.52. The number of sulfone groups is 1. The van der Waals surface area contributed by atoms with Gasteiger partial charge >= 0.3 is 12.4 Å². The molecule has 2 nitrogen and oxygen atoms in total. The van der Waals surface area contributed by atoms with Crippen LogP contribution in [0.1, 0.15) is 12.5 Å². The van der Waals surface area contributed by atoms with Crippen molar-refractivity contribution in [3.05, 3.63) is 29.8 Å². The lowest BCUT2D eigenvalue weighted by molar-refractivity contribution is -0.325. The fourth-order valence-electron chi connectivity index (χ4n) is 1.53. The SMILES string of the molecule is Cc1ccc(S(=O)(=O)CC(C)(C(F)(F)F)C(F)(F)F)cc1. The van der Waals surface area contributed by atoms with Crippen molar-refractivity contribution < 1.29 is 34.8 Å². The Bertz CT molecular complexity index is 584. The monoisotopic (exact) mass is 334 g/mol. The van der Waals surface area contributed by atoms with E-state index in [2.05, 4.69) is 0 Å². The van der Waals surface area contributed by atoms with Gasteiger partial charge in [0.15, 0.2) is 15.3 Å². The van der Waals surface area contributed by atoms with Gasteiger partial charge in [-0.15, -0.1) is 0 Å². The average Bonchev–Trinajstić information content (AvgIpc) is 2.25. The van der Waals surface area contributed by atoms with Crippen molar-refractivity contribution in [3.8, 4) is 0 Å². The van der Waals surface area contributed by atoms with Crippen molar-refractivity contribution in [2.45, 2.75) is 31.1 Å². The molecule has 0 radical (unpaired) electrons. The first-order valence-corrected chi connectivity index (χ1v) is 7.29. The standard InChI is InChI=1S/C12H12F6O2S/c1-8-3-5-9(6-4-8)21(19,20)7-10(2,11(13,14)15)12(16,17)18/h3-6H,7H2,1-2H3. The Balaban J connectivity index is 3.30. The van der Waals surface area contributed by atoms with E-state index >= 15 is 0 Å². The Morgan fingerprint density at radius 2 is 1.29 bits per heavy atom. The van der Waals surface area contributed by atoms with Crippen LogP contribution in [-0.4, -0.2) is 26.5 Å². The van der Waals surface area contributed by atoms with E-state index in [0.29, 0.717) is 5.56 Å². The smallest absolute Gasteiger partial charge is 0.224 e. The summed E-state index contributed by atoms with van der Waals surface area (Å²) < 4.78 is 100. The fourth-order valence-corrected chi connectivity index (χ4v) is 3.34. The van der Waals surface area contributed by atoms with Gasteiger partial charge in [0, 0.05) is 0 Å². The molecule has 0 spiro atoms. The summed E-state index contributed by atoms with van der Waals surface area (Å²) in [6.07, 6.45) is -11.5. The Hall–Kier alpha value is -1.25. The molecule has 1 aromatic rings. The van der Waals surface area contributed by atoms with Gasteiger partial charge in [-0.3, -0.25) is 0 Å². The van der Waals surface area contributed by atoms with E-state index < -0.39 is 38.3 Å². The second kappa shape index (κ2) is 5.19. The predicted molar refractivity (Wildman–Crippen MR) is 63.4 cm³/mol. The second-order valence-corrected chi connectivity index (χ2v) is 6.89. The molecule has 0 amide bonds. The zero-order valence-corrected chi connectivity index (χ0v) is 11.8. The molecular formula is C12H12F6O2S. The molecule has 0 N–H and O–H groups in total. The third-order valence-electron chi connectivity index (χ3n) is 3.11. The Kier molecular flexibility index (Phi) is 4.40. The molecule has 0 heterocycles. The topological polar surface area (TPSA) is 34.1 Å². The van der Waals surface area contributed by atoms with Crippen LogP contribution in [0.15, 0.2) is 29.2 Å².